The monoisotopic (exact) mass is 481 g/mol. The van der Waals surface area contributed by atoms with E-state index in [2.05, 4.69) is 10.6 Å². The zero-order chi connectivity index (χ0) is 23.8. The highest BCUT2D eigenvalue weighted by atomic mass is 35.5. The summed E-state index contributed by atoms with van der Waals surface area (Å²) in [6, 6.07) is 17.6. The Hall–Kier alpha value is -3.94. The van der Waals surface area contributed by atoms with Gasteiger partial charge in [0.1, 0.15) is 5.69 Å². The number of carbonyl (C=O) groups is 2. The van der Waals surface area contributed by atoms with Gasteiger partial charge in [-0.25, -0.2) is 0 Å². The van der Waals surface area contributed by atoms with Crippen molar-refractivity contribution in [2.75, 3.05) is 10.6 Å². The molecule has 0 spiro atoms. The molecule has 7 nitrogen and oxygen atoms in total. The lowest BCUT2D eigenvalue weighted by Gasteiger charge is -2.07. The summed E-state index contributed by atoms with van der Waals surface area (Å²) < 4.78 is 0. The van der Waals surface area contributed by atoms with Crippen LogP contribution in [0, 0.1) is 10.1 Å². The van der Waals surface area contributed by atoms with Crippen LogP contribution in [0.15, 0.2) is 78.9 Å². The minimum atomic E-state index is -0.620. The Kier molecular flexibility index (Phi) is 7.96. The van der Waals surface area contributed by atoms with Crippen molar-refractivity contribution in [2.45, 2.75) is 0 Å². The molecule has 0 radical (unpaired) electrons. The molecule has 3 rings (SSSR count). The van der Waals surface area contributed by atoms with Crippen LogP contribution in [0.2, 0.25) is 10.0 Å². The zero-order valence-corrected chi connectivity index (χ0v) is 18.5. The van der Waals surface area contributed by atoms with Crippen LogP contribution < -0.4 is 10.6 Å². The minimum absolute atomic E-state index is 0.0507. The summed E-state index contributed by atoms with van der Waals surface area (Å²) in [6.45, 7) is 0. The number of nitro groups is 1. The van der Waals surface area contributed by atoms with Crippen LogP contribution in [0.1, 0.15) is 11.1 Å². The molecule has 0 fully saturated rings. The van der Waals surface area contributed by atoms with Gasteiger partial charge in [-0.05, 0) is 59.7 Å². The van der Waals surface area contributed by atoms with Crippen molar-refractivity contribution < 1.29 is 14.5 Å². The highest BCUT2D eigenvalue weighted by Crippen LogP contribution is 2.28. The zero-order valence-electron chi connectivity index (χ0n) is 17.0. The van der Waals surface area contributed by atoms with Crippen molar-refractivity contribution in [1.82, 2.24) is 0 Å². The Balaban J connectivity index is 1.71. The maximum absolute atomic E-state index is 12.3. The van der Waals surface area contributed by atoms with E-state index in [0.717, 1.165) is 11.1 Å². The third-order valence-corrected chi connectivity index (χ3v) is 4.82. The summed E-state index contributed by atoms with van der Waals surface area (Å²) in [5.41, 5.74) is 1.43. The first-order valence-electron chi connectivity index (χ1n) is 9.58. The number of amides is 2. The van der Waals surface area contributed by atoms with Crippen LogP contribution >= 0.6 is 23.2 Å². The standard InChI is InChI=1S/C24H17Cl2N3O4/c25-18-7-1-16(2-8-18)5-13-23(30)27-20-11-12-22(29(32)33)21(15-20)28-24(31)14-6-17-3-9-19(26)10-4-17/h1-15H,(H,27,30)(H,28,31). The summed E-state index contributed by atoms with van der Waals surface area (Å²) in [5, 5.41) is 17.6. The van der Waals surface area contributed by atoms with Crippen molar-refractivity contribution >= 4 is 64.2 Å². The summed E-state index contributed by atoms with van der Waals surface area (Å²) >= 11 is 11.7. The summed E-state index contributed by atoms with van der Waals surface area (Å²) in [6.07, 6.45) is 5.71. The first-order valence-corrected chi connectivity index (χ1v) is 10.3. The molecule has 0 unspecified atom stereocenters. The van der Waals surface area contributed by atoms with E-state index in [0.29, 0.717) is 10.0 Å². The molecule has 0 atom stereocenters. The topological polar surface area (TPSA) is 101 Å². The molecule has 3 aromatic rings. The fourth-order valence-electron chi connectivity index (χ4n) is 2.72. The SMILES string of the molecule is O=C(C=Cc1ccc(Cl)cc1)Nc1ccc([N+](=O)[O-])c(NC(=O)C=Cc2ccc(Cl)cc2)c1. The van der Waals surface area contributed by atoms with E-state index < -0.39 is 16.7 Å². The van der Waals surface area contributed by atoms with Crippen molar-refractivity contribution in [3.8, 4) is 0 Å². The smallest absolute Gasteiger partial charge is 0.292 e. The molecule has 166 valence electrons. The van der Waals surface area contributed by atoms with E-state index in [1.807, 2.05) is 0 Å². The largest absolute Gasteiger partial charge is 0.322 e. The van der Waals surface area contributed by atoms with Crippen LogP contribution in [0.25, 0.3) is 12.2 Å². The molecule has 2 amide bonds. The molecule has 0 saturated heterocycles. The third kappa shape index (κ3) is 7.31. The number of halogens is 2. The number of nitro benzene ring substituents is 1. The normalized spacial score (nSPS) is 11.0. The lowest BCUT2D eigenvalue weighted by Crippen LogP contribution is -2.12. The predicted molar refractivity (Wildman–Crippen MR) is 131 cm³/mol. The van der Waals surface area contributed by atoms with Crippen molar-refractivity contribution in [3.05, 3.63) is 110 Å². The van der Waals surface area contributed by atoms with Gasteiger partial charge in [0, 0.05) is 34.0 Å². The van der Waals surface area contributed by atoms with E-state index in [4.69, 9.17) is 23.2 Å². The Morgan fingerprint density at radius 3 is 1.73 bits per heavy atom. The molecule has 33 heavy (non-hydrogen) atoms. The number of nitrogens with zero attached hydrogens (tertiary/aromatic N) is 1. The van der Waals surface area contributed by atoms with E-state index in [1.165, 1.54) is 30.4 Å². The van der Waals surface area contributed by atoms with Gasteiger partial charge in [-0.3, -0.25) is 19.7 Å². The fraction of sp³-hybridized carbons (Fsp3) is 0. The average molecular weight is 482 g/mol. The van der Waals surface area contributed by atoms with Gasteiger partial charge in [-0.1, -0.05) is 47.5 Å². The number of nitrogens with one attached hydrogen (secondary N) is 2. The minimum Gasteiger partial charge on any atom is -0.322 e. The molecule has 0 heterocycles. The fourth-order valence-corrected chi connectivity index (χ4v) is 2.98. The maximum atomic E-state index is 12.3. The third-order valence-electron chi connectivity index (χ3n) is 4.31. The highest BCUT2D eigenvalue weighted by Gasteiger charge is 2.16. The Morgan fingerprint density at radius 2 is 1.24 bits per heavy atom. The second-order valence-corrected chi connectivity index (χ2v) is 7.61. The molecule has 9 heteroatoms. The van der Waals surface area contributed by atoms with Gasteiger partial charge in [-0.15, -0.1) is 0 Å². The van der Waals surface area contributed by atoms with Crippen LogP contribution in [0.3, 0.4) is 0 Å². The Bertz CT molecular complexity index is 1240. The van der Waals surface area contributed by atoms with Crippen molar-refractivity contribution in [3.63, 3.8) is 0 Å². The number of carbonyl (C=O) groups excluding carboxylic acids is 2. The molecule has 0 aliphatic heterocycles. The van der Waals surface area contributed by atoms with Crippen molar-refractivity contribution in [2.24, 2.45) is 0 Å². The lowest BCUT2D eigenvalue weighted by molar-refractivity contribution is -0.383. The number of hydrogen-bond acceptors (Lipinski definition) is 4. The molecule has 3 aromatic carbocycles. The van der Waals surface area contributed by atoms with Crippen LogP contribution in [0.5, 0.6) is 0 Å². The van der Waals surface area contributed by atoms with Gasteiger partial charge >= 0.3 is 0 Å². The molecule has 0 aliphatic rings. The van der Waals surface area contributed by atoms with Crippen molar-refractivity contribution in [1.29, 1.82) is 0 Å². The molecular weight excluding hydrogens is 465 g/mol. The molecule has 0 bridgehead atoms. The van der Waals surface area contributed by atoms with E-state index in [1.54, 1.807) is 60.7 Å². The summed E-state index contributed by atoms with van der Waals surface area (Å²) in [5.74, 6) is -1.02. The van der Waals surface area contributed by atoms with Crippen LogP contribution in [0.4, 0.5) is 17.1 Å². The molecule has 0 aromatic heterocycles. The Labute approximate surface area is 199 Å². The molecule has 0 aliphatic carbocycles. The lowest BCUT2D eigenvalue weighted by atomic mass is 10.2. The Morgan fingerprint density at radius 1 is 0.758 bits per heavy atom. The second kappa shape index (κ2) is 11.1. The van der Waals surface area contributed by atoms with E-state index in [-0.39, 0.29) is 17.1 Å². The molecule has 0 saturated carbocycles. The van der Waals surface area contributed by atoms with Gasteiger partial charge in [-0.2, -0.15) is 0 Å². The number of hydrogen-bond donors (Lipinski definition) is 2. The summed E-state index contributed by atoms with van der Waals surface area (Å²) in [7, 11) is 0. The second-order valence-electron chi connectivity index (χ2n) is 6.74. The quantitative estimate of drug-likeness (QED) is 0.238. The number of rotatable bonds is 7. The van der Waals surface area contributed by atoms with Gasteiger partial charge in [0.15, 0.2) is 0 Å². The average Bonchev–Trinajstić information content (AvgIpc) is 2.78. The predicted octanol–water partition coefficient (Wildman–Crippen LogP) is 6.21. The number of benzene rings is 3. The highest BCUT2D eigenvalue weighted by molar-refractivity contribution is 6.30. The first-order chi connectivity index (χ1) is 15.8. The van der Waals surface area contributed by atoms with Crippen LogP contribution in [-0.4, -0.2) is 16.7 Å². The van der Waals surface area contributed by atoms with E-state index >= 15 is 0 Å². The van der Waals surface area contributed by atoms with Crippen LogP contribution in [-0.2, 0) is 9.59 Å². The van der Waals surface area contributed by atoms with Gasteiger partial charge in [0.25, 0.3) is 5.69 Å². The number of anilines is 2. The molecule has 2 N–H and O–H groups in total. The van der Waals surface area contributed by atoms with Gasteiger partial charge in [0.2, 0.25) is 11.8 Å². The maximum Gasteiger partial charge on any atom is 0.292 e. The molecular formula is C24H17Cl2N3O4. The van der Waals surface area contributed by atoms with E-state index in [9.17, 15) is 19.7 Å². The van der Waals surface area contributed by atoms with Gasteiger partial charge in [0.05, 0.1) is 4.92 Å². The van der Waals surface area contributed by atoms with Gasteiger partial charge < -0.3 is 10.6 Å². The first kappa shape index (κ1) is 23.7. The summed E-state index contributed by atoms with van der Waals surface area (Å²) in [4.78, 5) is 35.2.